The Labute approximate surface area is 86.2 Å². The van der Waals surface area contributed by atoms with E-state index in [0.717, 1.165) is 0 Å². The summed E-state index contributed by atoms with van der Waals surface area (Å²) < 4.78 is 27.5. The lowest BCUT2D eigenvalue weighted by molar-refractivity contribution is -0.132. The third-order valence-electron chi connectivity index (χ3n) is 0.536. The lowest BCUT2D eigenvalue weighted by atomic mass is 10.9. The van der Waals surface area contributed by atoms with Gasteiger partial charge in [0.2, 0.25) is 0 Å². The smallest absolute Gasteiger partial charge is 0.370 e. The number of phosphoric acid groups is 2. The first kappa shape index (κ1) is 13.5. The lowest BCUT2D eigenvalue weighted by Gasteiger charge is -2.10. The molecule has 0 aliphatic rings. The first-order valence-electron chi connectivity index (χ1n) is 2.54. The molecule has 1 atom stereocenters. The van der Waals surface area contributed by atoms with Crippen LogP contribution in [-0.2, 0) is 22.8 Å². The van der Waals surface area contributed by atoms with E-state index >= 15 is 0 Å². The zero-order valence-corrected chi connectivity index (χ0v) is 9.81. The molecule has 13 heavy (non-hydrogen) atoms. The SMILES string of the molecule is O=C(CI)OP(=O)(O)OP(=O)(O)O. The van der Waals surface area contributed by atoms with Crippen molar-refractivity contribution in [2.45, 2.75) is 0 Å². The minimum absolute atomic E-state index is 0.243. The summed E-state index contributed by atoms with van der Waals surface area (Å²) in [6, 6.07) is 0. The van der Waals surface area contributed by atoms with Gasteiger partial charge in [0.15, 0.2) is 0 Å². The van der Waals surface area contributed by atoms with E-state index in [4.69, 9.17) is 14.7 Å². The van der Waals surface area contributed by atoms with Crippen LogP contribution in [0, 0.1) is 0 Å². The van der Waals surface area contributed by atoms with Gasteiger partial charge in [-0.3, -0.25) is 9.69 Å². The van der Waals surface area contributed by atoms with Crippen LogP contribution in [0.4, 0.5) is 0 Å². The number of hydrogen-bond donors (Lipinski definition) is 3. The molecule has 0 aromatic rings. The highest BCUT2D eigenvalue weighted by atomic mass is 127. The molecule has 0 saturated heterocycles. The third-order valence-corrected chi connectivity index (χ3v) is 3.27. The van der Waals surface area contributed by atoms with Crippen molar-refractivity contribution in [3.63, 3.8) is 0 Å². The van der Waals surface area contributed by atoms with Gasteiger partial charge in [-0.15, -0.1) is 0 Å². The van der Waals surface area contributed by atoms with E-state index in [9.17, 15) is 13.9 Å². The molecule has 11 heteroatoms. The molecule has 0 rings (SSSR count). The van der Waals surface area contributed by atoms with Crippen molar-refractivity contribution in [3.05, 3.63) is 0 Å². The van der Waals surface area contributed by atoms with Gasteiger partial charge >= 0.3 is 21.6 Å². The number of alkyl halides is 1. The standard InChI is InChI=1S/C2H5IO8P2/c3-1-2(4)10-13(8,9)11-12(5,6)7/h1H2,(H,8,9)(H2,5,6,7). The quantitative estimate of drug-likeness (QED) is 0.373. The Bertz CT molecular complexity index is 280. The van der Waals surface area contributed by atoms with E-state index in [2.05, 4.69) is 8.83 Å². The van der Waals surface area contributed by atoms with Gasteiger partial charge in [-0.25, -0.2) is 9.13 Å². The molecule has 0 aromatic heterocycles. The van der Waals surface area contributed by atoms with Crippen LogP contribution in [0.5, 0.6) is 0 Å². The second-order valence-electron chi connectivity index (χ2n) is 1.64. The van der Waals surface area contributed by atoms with Gasteiger partial charge in [0.05, 0.1) is 4.43 Å². The highest BCUT2D eigenvalue weighted by Crippen LogP contribution is 2.57. The van der Waals surface area contributed by atoms with Crippen molar-refractivity contribution in [1.29, 1.82) is 0 Å². The fraction of sp³-hybridized carbons (Fsp3) is 0.500. The molecule has 0 aliphatic carbocycles. The number of rotatable bonds is 4. The molecule has 3 N–H and O–H groups in total. The van der Waals surface area contributed by atoms with Crippen molar-refractivity contribution in [2.24, 2.45) is 0 Å². The molecule has 0 heterocycles. The second-order valence-corrected chi connectivity index (χ2v) is 5.15. The Morgan fingerprint density at radius 3 is 2.08 bits per heavy atom. The minimum atomic E-state index is -5.15. The van der Waals surface area contributed by atoms with Crippen LogP contribution < -0.4 is 0 Å². The molecule has 0 amide bonds. The van der Waals surface area contributed by atoms with E-state index in [1.54, 1.807) is 0 Å². The van der Waals surface area contributed by atoms with E-state index in [1.165, 1.54) is 22.6 Å². The van der Waals surface area contributed by atoms with Crippen molar-refractivity contribution in [1.82, 2.24) is 0 Å². The molecule has 78 valence electrons. The Hall–Kier alpha value is 0.500. The predicted molar refractivity (Wildman–Crippen MR) is 47.9 cm³/mol. The van der Waals surface area contributed by atoms with Gasteiger partial charge in [-0.1, -0.05) is 22.6 Å². The molecule has 0 spiro atoms. The van der Waals surface area contributed by atoms with Crippen LogP contribution in [0.2, 0.25) is 0 Å². The molecule has 0 aromatic carbocycles. The summed E-state index contributed by atoms with van der Waals surface area (Å²) in [6.07, 6.45) is 0. The van der Waals surface area contributed by atoms with Crippen LogP contribution in [0.1, 0.15) is 0 Å². The first-order chi connectivity index (χ1) is 5.66. The number of halogens is 1. The minimum Gasteiger partial charge on any atom is -0.370 e. The molecule has 0 aliphatic heterocycles. The highest BCUT2D eigenvalue weighted by Gasteiger charge is 2.35. The largest absolute Gasteiger partial charge is 0.538 e. The van der Waals surface area contributed by atoms with Gasteiger partial charge in [-0.05, 0) is 0 Å². The average molecular weight is 346 g/mol. The summed E-state index contributed by atoms with van der Waals surface area (Å²) >= 11 is 1.53. The maximum Gasteiger partial charge on any atom is 0.538 e. The summed E-state index contributed by atoms with van der Waals surface area (Å²) in [5.41, 5.74) is 0. The van der Waals surface area contributed by atoms with Crippen LogP contribution in [0.15, 0.2) is 0 Å². The molecular formula is C2H5IO8P2. The Kier molecular flexibility index (Phi) is 5.02. The maximum atomic E-state index is 10.6. The first-order valence-corrected chi connectivity index (χ1v) is 7.09. The Morgan fingerprint density at radius 2 is 1.77 bits per heavy atom. The molecule has 0 fully saturated rings. The zero-order valence-electron chi connectivity index (χ0n) is 5.86. The third kappa shape index (κ3) is 7.56. The van der Waals surface area contributed by atoms with E-state index in [1.807, 2.05) is 0 Å². The monoisotopic (exact) mass is 346 g/mol. The van der Waals surface area contributed by atoms with Crippen LogP contribution in [0.3, 0.4) is 0 Å². The molecule has 0 radical (unpaired) electrons. The van der Waals surface area contributed by atoms with E-state index in [0.29, 0.717) is 0 Å². The van der Waals surface area contributed by atoms with Crippen LogP contribution in [-0.4, -0.2) is 25.1 Å². The molecule has 0 saturated carbocycles. The summed E-state index contributed by atoms with van der Waals surface area (Å²) in [7, 11) is -10.2. The topological polar surface area (TPSA) is 130 Å². The number of hydrogen-bond acceptors (Lipinski definition) is 5. The van der Waals surface area contributed by atoms with Gasteiger partial charge in [0.1, 0.15) is 0 Å². The maximum absolute atomic E-state index is 10.6. The highest BCUT2D eigenvalue weighted by molar-refractivity contribution is 14.1. The number of carbonyl (C=O) groups excluding carboxylic acids is 1. The van der Waals surface area contributed by atoms with Crippen molar-refractivity contribution < 1.29 is 37.4 Å². The lowest BCUT2D eigenvalue weighted by Crippen LogP contribution is -2.04. The zero-order chi connectivity index (χ0) is 10.7. The van der Waals surface area contributed by atoms with Crippen LogP contribution in [0.25, 0.3) is 0 Å². The average Bonchev–Trinajstić information content (AvgIpc) is 1.80. The molecular weight excluding hydrogens is 341 g/mol. The van der Waals surface area contributed by atoms with Crippen molar-refractivity contribution in [3.8, 4) is 0 Å². The Morgan fingerprint density at radius 1 is 1.31 bits per heavy atom. The summed E-state index contributed by atoms with van der Waals surface area (Å²) in [4.78, 5) is 35.2. The van der Waals surface area contributed by atoms with Gasteiger partial charge in [0.25, 0.3) is 0 Å². The van der Waals surface area contributed by atoms with Crippen molar-refractivity contribution in [2.75, 3.05) is 4.43 Å². The van der Waals surface area contributed by atoms with Gasteiger partial charge in [-0.2, -0.15) is 4.31 Å². The van der Waals surface area contributed by atoms with E-state index < -0.39 is 21.6 Å². The number of carbonyl (C=O) groups is 1. The van der Waals surface area contributed by atoms with Gasteiger partial charge < -0.3 is 14.3 Å². The summed E-state index contributed by atoms with van der Waals surface area (Å²) in [5, 5.41) is 0. The molecule has 8 nitrogen and oxygen atoms in total. The number of phosphoric ester groups is 1. The fourth-order valence-corrected chi connectivity index (χ4v) is 2.24. The summed E-state index contributed by atoms with van der Waals surface area (Å²) in [6.45, 7) is 0. The summed E-state index contributed by atoms with van der Waals surface area (Å²) in [5.74, 6) is -1.11. The second kappa shape index (κ2) is 4.83. The van der Waals surface area contributed by atoms with Gasteiger partial charge in [0, 0.05) is 0 Å². The molecule has 0 bridgehead atoms. The normalized spacial score (nSPS) is 16.3. The predicted octanol–water partition coefficient (Wildman–Crippen LogP) is 0.174. The van der Waals surface area contributed by atoms with Crippen molar-refractivity contribution >= 4 is 44.2 Å². The Balaban J connectivity index is 4.34. The van der Waals surface area contributed by atoms with E-state index in [-0.39, 0.29) is 4.43 Å². The molecule has 1 unspecified atom stereocenters. The fourth-order valence-electron chi connectivity index (χ4n) is 0.304. The van der Waals surface area contributed by atoms with Crippen LogP contribution >= 0.6 is 38.2 Å².